The normalized spacial score (nSPS) is 12.2. The average Bonchev–Trinajstić information content (AvgIpc) is 2.54. The van der Waals surface area contributed by atoms with Crippen LogP contribution in [0.1, 0.15) is 13.8 Å². The highest BCUT2D eigenvalue weighted by Gasteiger charge is 2.15. The van der Waals surface area contributed by atoms with Crippen molar-refractivity contribution in [3.05, 3.63) is 17.5 Å². The zero-order chi connectivity index (χ0) is 10.6. The van der Waals surface area contributed by atoms with Crippen molar-refractivity contribution >= 4 is 21.2 Å². The fourth-order valence-electron chi connectivity index (χ4n) is 0.935. The van der Waals surface area contributed by atoms with Gasteiger partial charge in [0, 0.05) is 0 Å². The summed E-state index contributed by atoms with van der Waals surface area (Å²) in [7, 11) is -3.12. The van der Waals surface area contributed by atoms with E-state index in [1.807, 2.05) is 13.8 Å². The molecule has 0 amide bonds. The summed E-state index contributed by atoms with van der Waals surface area (Å²) in [6.45, 7) is 4.04. The van der Waals surface area contributed by atoms with E-state index in [1.54, 1.807) is 17.5 Å². The first kappa shape index (κ1) is 11.7. The van der Waals surface area contributed by atoms with Crippen molar-refractivity contribution in [3.63, 3.8) is 0 Å². The first-order valence-electron chi connectivity index (χ1n) is 4.40. The SMILES string of the molecule is CC(C)OCCS(=O)(=O)c1cccs1. The second kappa shape index (κ2) is 4.91. The molecule has 0 radical (unpaired) electrons. The molecule has 0 N–H and O–H groups in total. The number of rotatable bonds is 5. The predicted molar refractivity (Wildman–Crippen MR) is 57.5 cm³/mol. The first-order chi connectivity index (χ1) is 6.52. The summed E-state index contributed by atoms with van der Waals surface area (Å²) in [5.41, 5.74) is 0. The monoisotopic (exact) mass is 234 g/mol. The van der Waals surface area contributed by atoms with Crippen LogP contribution in [-0.4, -0.2) is 26.9 Å². The highest BCUT2D eigenvalue weighted by molar-refractivity contribution is 7.93. The molecule has 0 fully saturated rings. The molecular weight excluding hydrogens is 220 g/mol. The van der Waals surface area contributed by atoms with Gasteiger partial charge >= 0.3 is 0 Å². The fourth-order valence-corrected chi connectivity index (χ4v) is 3.19. The second-order valence-corrected chi connectivity index (χ2v) is 6.45. The Bertz CT molecular complexity index is 351. The molecular formula is C9H14O3S2. The van der Waals surface area contributed by atoms with E-state index < -0.39 is 9.84 Å². The molecule has 1 aromatic heterocycles. The summed E-state index contributed by atoms with van der Waals surface area (Å²) >= 11 is 1.25. The van der Waals surface area contributed by atoms with E-state index in [1.165, 1.54) is 11.3 Å². The third-order valence-electron chi connectivity index (χ3n) is 1.60. The molecule has 0 saturated carbocycles. The van der Waals surface area contributed by atoms with E-state index in [4.69, 9.17) is 4.74 Å². The predicted octanol–water partition coefficient (Wildman–Crippen LogP) is 1.95. The molecule has 0 aliphatic heterocycles. The fraction of sp³-hybridized carbons (Fsp3) is 0.556. The number of thiophene rings is 1. The summed E-state index contributed by atoms with van der Waals surface area (Å²) in [5.74, 6) is 0.0612. The molecule has 0 unspecified atom stereocenters. The van der Waals surface area contributed by atoms with Crippen molar-refractivity contribution in [1.29, 1.82) is 0 Å². The van der Waals surface area contributed by atoms with E-state index in [2.05, 4.69) is 0 Å². The van der Waals surface area contributed by atoms with Crippen molar-refractivity contribution in [2.24, 2.45) is 0 Å². The van der Waals surface area contributed by atoms with Crippen molar-refractivity contribution in [2.45, 2.75) is 24.2 Å². The van der Waals surface area contributed by atoms with Gasteiger partial charge in [-0.3, -0.25) is 0 Å². The Morgan fingerprint density at radius 1 is 1.50 bits per heavy atom. The van der Waals surface area contributed by atoms with Gasteiger partial charge in [0.05, 0.1) is 18.5 Å². The molecule has 1 aromatic rings. The topological polar surface area (TPSA) is 43.4 Å². The van der Waals surface area contributed by atoms with Gasteiger partial charge in [-0.1, -0.05) is 6.07 Å². The van der Waals surface area contributed by atoms with Crippen molar-refractivity contribution in [2.75, 3.05) is 12.4 Å². The van der Waals surface area contributed by atoms with Crippen LogP contribution in [0.25, 0.3) is 0 Å². The lowest BCUT2D eigenvalue weighted by Crippen LogP contribution is -2.14. The third-order valence-corrected chi connectivity index (χ3v) is 4.77. The minimum atomic E-state index is -3.12. The number of hydrogen-bond donors (Lipinski definition) is 0. The van der Waals surface area contributed by atoms with E-state index in [0.717, 1.165) is 0 Å². The maximum Gasteiger partial charge on any atom is 0.189 e. The van der Waals surface area contributed by atoms with Gasteiger partial charge in [0.15, 0.2) is 9.84 Å². The van der Waals surface area contributed by atoms with Gasteiger partial charge in [0.2, 0.25) is 0 Å². The van der Waals surface area contributed by atoms with E-state index in [0.29, 0.717) is 4.21 Å². The first-order valence-corrected chi connectivity index (χ1v) is 6.93. The highest BCUT2D eigenvalue weighted by Crippen LogP contribution is 2.17. The molecule has 1 rings (SSSR count). The van der Waals surface area contributed by atoms with Crippen molar-refractivity contribution in [1.82, 2.24) is 0 Å². The van der Waals surface area contributed by atoms with E-state index in [-0.39, 0.29) is 18.5 Å². The highest BCUT2D eigenvalue weighted by atomic mass is 32.2. The molecule has 1 heterocycles. The Kier molecular flexibility index (Phi) is 4.10. The van der Waals surface area contributed by atoms with Gasteiger partial charge < -0.3 is 4.74 Å². The summed E-state index contributed by atoms with van der Waals surface area (Å²) in [4.78, 5) is 0. The maximum atomic E-state index is 11.6. The van der Waals surface area contributed by atoms with Gasteiger partial charge in [-0.2, -0.15) is 0 Å². The quantitative estimate of drug-likeness (QED) is 0.782. The van der Waals surface area contributed by atoms with Crippen molar-refractivity contribution < 1.29 is 13.2 Å². The molecule has 0 spiro atoms. The lowest BCUT2D eigenvalue weighted by atomic mass is 10.5. The van der Waals surface area contributed by atoms with E-state index in [9.17, 15) is 8.42 Å². The minimum absolute atomic E-state index is 0.0612. The summed E-state index contributed by atoms with van der Waals surface area (Å²) in [6.07, 6.45) is 0.0773. The molecule has 5 heteroatoms. The minimum Gasteiger partial charge on any atom is -0.378 e. The average molecular weight is 234 g/mol. The lowest BCUT2D eigenvalue weighted by Gasteiger charge is -2.06. The number of hydrogen-bond acceptors (Lipinski definition) is 4. The number of ether oxygens (including phenoxy) is 1. The smallest absolute Gasteiger partial charge is 0.189 e. The van der Waals surface area contributed by atoms with Crippen molar-refractivity contribution in [3.8, 4) is 0 Å². The molecule has 0 aliphatic carbocycles. The van der Waals surface area contributed by atoms with Crippen LogP contribution in [0.3, 0.4) is 0 Å². The van der Waals surface area contributed by atoms with Gasteiger partial charge in [-0.05, 0) is 25.3 Å². The molecule has 0 saturated heterocycles. The van der Waals surface area contributed by atoms with Gasteiger partial charge in [0.1, 0.15) is 4.21 Å². The van der Waals surface area contributed by atoms with Gasteiger partial charge in [-0.25, -0.2) is 8.42 Å². The van der Waals surface area contributed by atoms with Crippen LogP contribution in [-0.2, 0) is 14.6 Å². The van der Waals surface area contributed by atoms with Crippen LogP contribution in [0.15, 0.2) is 21.7 Å². The van der Waals surface area contributed by atoms with Crippen LogP contribution < -0.4 is 0 Å². The molecule has 14 heavy (non-hydrogen) atoms. The molecule has 0 bridgehead atoms. The molecule has 3 nitrogen and oxygen atoms in total. The van der Waals surface area contributed by atoms with Crippen LogP contribution in [0.4, 0.5) is 0 Å². The van der Waals surface area contributed by atoms with Crippen LogP contribution in [0, 0.1) is 0 Å². The van der Waals surface area contributed by atoms with Crippen LogP contribution in [0.2, 0.25) is 0 Å². The lowest BCUT2D eigenvalue weighted by molar-refractivity contribution is 0.0913. The summed E-state index contributed by atoms with van der Waals surface area (Å²) in [5, 5.41) is 1.76. The third kappa shape index (κ3) is 3.40. The van der Waals surface area contributed by atoms with E-state index >= 15 is 0 Å². The number of sulfone groups is 1. The zero-order valence-corrected chi connectivity index (χ0v) is 9.90. The van der Waals surface area contributed by atoms with Crippen LogP contribution in [0.5, 0.6) is 0 Å². The standard InChI is InChI=1S/C9H14O3S2/c1-8(2)12-5-7-14(10,11)9-4-3-6-13-9/h3-4,6,8H,5,7H2,1-2H3. The largest absolute Gasteiger partial charge is 0.378 e. The summed E-state index contributed by atoms with van der Waals surface area (Å²) < 4.78 is 28.8. The maximum absolute atomic E-state index is 11.6. The molecule has 0 atom stereocenters. The molecule has 0 aliphatic rings. The Hall–Kier alpha value is -0.390. The summed E-state index contributed by atoms with van der Waals surface area (Å²) in [6, 6.07) is 3.36. The van der Waals surface area contributed by atoms with Gasteiger partial charge in [0.25, 0.3) is 0 Å². The zero-order valence-electron chi connectivity index (χ0n) is 8.26. The Morgan fingerprint density at radius 2 is 2.21 bits per heavy atom. The Labute approximate surface area is 88.6 Å². The molecule has 0 aromatic carbocycles. The van der Waals surface area contributed by atoms with Crippen LogP contribution >= 0.6 is 11.3 Å². The second-order valence-electron chi connectivity index (χ2n) is 3.17. The van der Waals surface area contributed by atoms with Gasteiger partial charge in [-0.15, -0.1) is 11.3 Å². The Balaban J connectivity index is 2.52. The molecule has 80 valence electrons. The Morgan fingerprint density at radius 3 is 2.71 bits per heavy atom.